The Bertz CT molecular complexity index is 653. The average Bonchev–Trinajstić information content (AvgIpc) is 2.64. The predicted molar refractivity (Wildman–Crippen MR) is 93.2 cm³/mol. The number of hydrogen-bond acceptors (Lipinski definition) is 4. The molecule has 0 aromatic heterocycles. The molecule has 0 aliphatic heterocycles. The van der Waals surface area contributed by atoms with E-state index >= 15 is 0 Å². The third kappa shape index (κ3) is 5.16. The number of benzene rings is 2. The fourth-order valence-corrected chi connectivity index (χ4v) is 2.14. The zero-order valence-electron chi connectivity index (χ0n) is 13.4. The summed E-state index contributed by atoms with van der Waals surface area (Å²) in [5.41, 5.74) is 7.75. The Balaban J connectivity index is 2.04. The molecule has 0 aliphatic carbocycles. The summed E-state index contributed by atoms with van der Waals surface area (Å²) in [6.45, 7) is 0.250. The van der Waals surface area contributed by atoms with Crippen LogP contribution in [0.15, 0.2) is 54.6 Å². The molecule has 2 aromatic carbocycles. The van der Waals surface area contributed by atoms with Crippen LogP contribution in [0.25, 0.3) is 17.0 Å². The molecule has 0 radical (unpaired) electrons. The van der Waals surface area contributed by atoms with Crippen molar-refractivity contribution >= 4 is 5.83 Å². The molecule has 0 bridgehead atoms. The Morgan fingerprint density at radius 2 is 1.67 bits per heavy atom. The van der Waals surface area contributed by atoms with Gasteiger partial charge in [0.15, 0.2) is 0 Å². The van der Waals surface area contributed by atoms with Gasteiger partial charge in [-0.05, 0) is 35.8 Å². The van der Waals surface area contributed by atoms with E-state index in [-0.39, 0.29) is 25.6 Å². The SMILES string of the molecule is NCC(O)COc1ccc(-c2ccc(/C(F)=C/CCO)cc2)cc1. The van der Waals surface area contributed by atoms with Crippen molar-refractivity contribution in [3.05, 3.63) is 60.2 Å². The van der Waals surface area contributed by atoms with Gasteiger partial charge < -0.3 is 20.7 Å². The van der Waals surface area contributed by atoms with Crippen LogP contribution >= 0.6 is 0 Å². The van der Waals surface area contributed by atoms with Crippen LogP contribution in [-0.4, -0.2) is 36.1 Å². The van der Waals surface area contributed by atoms with E-state index in [1.54, 1.807) is 12.1 Å². The van der Waals surface area contributed by atoms with Gasteiger partial charge in [0.2, 0.25) is 0 Å². The van der Waals surface area contributed by atoms with Crippen molar-refractivity contribution in [1.82, 2.24) is 0 Å². The maximum atomic E-state index is 13.8. The van der Waals surface area contributed by atoms with Crippen molar-refractivity contribution < 1.29 is 19.3 Å². The Morgan fingerprint density at radius 1 is 1.08 bits per heavy atom. The van der Waals surface area contributed by atoms with Gasteiger partial charge >= 0.3 is 0 Å². The predicted octanol–water partition coefficient (Wildman–Crippen LogP) is 2.74. The van der Waals surface area contributed by atoms with Gasteiger partial charge in [-0.2, -0.15) is 0 Å². The summed E-state index contributed by atoms with van der Waals surface area (Å²) in [4.78, 5) is 0. The lowest BCUT2D eigenvalue weighted by atomic mass is 10.0. The summed E-state index contributed by atoms with van der Waals surface area (Å²) in [5, 5.41) is 18.1. The quantitative estimate of drug-likeness (QED) is 0.695. The van der Waals surface area contributed by atoms with Crippen molar-refractivity contribution in [3.8, 4) is 16.9 Å². The average molecular weight is 331 g/mol. The van der Waals surface area contributed by atoms with Crippen molar-refractivity contribution in [2.75, 3.05) is 19.8 Å². The highest BCUT2D eigenvalue weighted by Gasteiger charge is 2.04. The lowest BCUT2D eigenvalue weighted by molar-refractivity contribution is 0.114. The monoisotopic (exact) mass is 331 g/mol. The van der Waals surface area contributed by atoms with Crippen LogP contribution in [0, 0.1) is 0 Å². The van der Waals surface area contributed by atoms with E-state index in [2.05, 4.69) is 0 Å². The van der Waals surface area contributed by atoms with Gasteiger partial charge in [0.25, 0.3) is 0 Å². The molecule has 128 valence electrons. The van der Waals surface area contributed by atoms with Gasteiger partial charge in [-0.25, -0.2) is 4.39 Å². The molecule has 0 saturated heterocycles. The van der Waals surface area contributed by atoms with Crippen LogP contribution in [0.4, 0.5) is 4.39 Å². The van der Waals surface area contributed by atoms with Crippen LogP contribution in [0.5, 0.6) is 5.75 Å². The Morgan fingerprint density at radius 3 is 2.21 bits per heavy atom. The van der Waals surface area contributed by atoms with Crippen LogP contribution in [-0.2, 0) is 0 Å². The second kappa shape index (κ2) is 9.17. The Hall–Kier alpha value is -2.21. The number of aliphatic hydroxyl groups excluding tert-OH is 2. The smallest absolute Gasteiger partial charge is 0.126 e. The molecule has 4 nitrogen and oxygen atoms in total. The Kier molecular flexibility index (Phi) is 6.93. The van der Waals surface area contributed by atoms with E-state index in [1.165, 1.54) is 6.08 Å². The standard InChI is InChI=1S/C19H22FNO3/c20-19(2-1-11-22)16-5-3-14(4-6-16)15-7-9-18(10-8-15)24-13-17(23)12-21/h2-10,17,22-23H,1,11-13,21H2/b19-2-. The number of halogens is 1. The molecule has 1 atom stereocenters. The fourth-order valence-electron chi connectivity index (χ4n) is 2.14. The maximum Gasteiger partial charge on any atom is 0.126 e. The van der Waals surface area contributed by atoms with E-state index in [9.17, 15) is 9.50 Å². The lowest BCUT2D eigenvalue weighted by Crippen LogP contribution is -2.26. The van der Waals surface area contributed by atoms with E-state index in [4.69, 9.17) is 15.6 Å². The normalized spacial score (nSPS) is 12.9. The lowest BCUT2D eigenvalue weighted by Gasteiger charge is -2.10. The van der Waals surface area contributed by atoms with Crippen molar-refractivity contribution in [3.63, 3.8) is 0 Å². The van der Waals surface area contributed by atoms with Gasteiger partial charge in [0, 0.05) is 18.7 Å². The minimum atomic E-state index is -0.675. The molecule has 0 amide bonds. The molecular weight excluding hydrogens is 309 g/mol. The van der Waals surface area contributed by atoms with Gasteiger partial charge in [-0.15, -0.1) is 0 Å². The minimum Gasteiger partial charge on any atom is -0.491 e. The minimum absolute atomic E-state index is 0.0672. The zero-order chi connectivity index (χ0) is 17.4. The first kappa shape index (κ1) is 18.1. The summed E-state index contributed by atoms with van der Waals surface area (Å²) < 4.78 is 19.2. The third-order valence-electron chi connectivity index (χ3n) is 3.52. The highest BCUT2D eigenvalue weighted by molar-refractivity contribution is 5.68. The number of ether oxygens (including phenoxy) is 1. The summed E-state index contributed by atoms with van der Waals surface area (Å²) >= 11 is 0. The van der Waals surface area contributed by atoms with Gasteiger partial charge in [0.05, 0.1) is 0 Å². The van der Waals surface area contributed by atoms with Gasteiger partial charge in [-0.1, -0.05) is 36.4 Å². The van der Waals surface area contributed by atoms with Crippen LogP contribution in [0.3, 0.4) is 0 Å². The van der Waals surface area contributed by atoms with Crippen LogP contribution in [0.2, 0.25) is 0 Å². The van der Waals surface area contributed by atoms with E-state index in [1.807, 2.05) is 36.4 Å². The summed E-state index contributed by atoms with van der Waals surface area (Å²) in [7, 11) is 0. The molecule has 0 spiro atoms. The van der Waals surface area contributed by atoms with E-state index in [0.29, 0.717) is 17.7 Å². The fraction of sp³-hybridized carbons (Fsp3) is 0.263. The van der Waals surface area contributed by atoms with E-state index < -0.39 is 6.10 Å². The summed E-state index contributed by atoms with van der Waals surface area (Å²) in [6, 6.07) is 14.5. The molecule has 2 rings (SSSR count). The maximum absolute atomic E-state index is 13.8. The highest BCUT2D eigenvalue weighted by Crippen LogP contribution is 2.25. The van der Waals surface area contributed by atoms with Crippen LogP contribution in [0.1, 0.15) is 12.0 Å². The second-order valence-corrected chi connectivity index (χ2v) is 5.37. The number of rotatable bonds is 8. The Labute approximate surface area is 141 Å². The number of hydrogen-bond donors (Lipinski definition) is 3. The van der Waals surface area contributed by atoms with Crippen molar-refractivity contribution in [1.29, 1.82) is 0 Å². The molecular formula is C19H22FNO3. The molecule has 24 heavy (non-hydrogen) atoms. The zero-order valence-corrected chi connectivity index (χ0v) is 13.4. The van der Waals surface area contributed by atoms with Gasteiger partial charge in [-0.3, -0.25) is 0 Å². The summed E-state index contributed by atoms with van der Waals surface area (Å²) in [5.74, 6) is 0.318. The molecule has 2 aromatic rings. The third-order valence-corrected chi connectivity index (χ3v) is 3.52. The molecule has 4 N–H and O–H groups in total. The van der Waals surface area contributed by atoms with E-state index in [0.717, 1.165) is 11.1 Å². The molecule has 0 aliphatic rings. The number of aliphatic hydroxyl groups is 2. The van der Waals surface area contributed by atoms with Crippen molar-refractivity contribution in [2.24, 2.45) is 5.73 Å². The first-order valence-corrected chi connectivity index (χ1v) is 7.82. The molecule has 1 unspecified atom stereocenters. The van der Waals surface area contributed by atoms with Crippen molar-refractivity contribution in [2.45, 2.75) is 12.5 Å². The van der Waals surface area contributed by atoms with Gasteiger partial charge in [0.1, 0.15) is 24.3 Å². The topological polar surface area (TPSA) is 75.7 Å². The molecule has 0 saturated carbocycles. The second-order valence-electron chi connectivity index (χ2n) is 5.37. The molecule has 0 heterocycles. The largest absolute Gasteiger partial charge is 0.491 e. The molecule has 5 heteroatoms. The first-order chi connectivity index (χ1) is 11.6. The first-order valence-electron chi connectivity index (χ1n) is 7.82. The summed E-state index contributed by atoms with van der Waals surface area (Å²) in [6.07, 6.45) is 0.996. The number of nitrogens with two attached hydrogens (primary N) is 1. The van der Waals surface area contributed by atoms with Crippen LogP contribution < -0.4 is 10.5 Å². The molecule has 0 fully saturated rings. The highest BCUT2D eigenvalue weighted by atomic mass is 19.1.